The lowest BCUT2D eigenvalue weighted by molar-refractivity contribution is -0.140. The van der Waals surface area contributed by atoms with E-state index in [-0.39, 0.29) is 18.0 Å². The lowest BCUT2D eigenvalue weighted by atomic mass is 10.1. The predicted molar refractivity (Wildman–Crippen MR) is 105 cm³/mol. The number of nitrogens with zero attached hydrogens (tertiary/aromatic N) is 2. The topological polar surface area (TPSA) is 52.7 Å². The number of urea groups is 1. The van der Waals surface area contributed by atoms with Gasteiger partial charge in [0.1, 0.15) is 6.04 Å². The average molecular weight is 361 g/mol. The summed E-state index contributed by atoms with van der Waals surface area (Å²) in [5.41, 5.74) is 5.88. The molecule has 2 saturated heterocycles. The van der Waals surface area contributed by atoms with Crippen molar-refractivity contribution in [3.05, 3.63) is 53.6 Å². The Bertz CT molecular complexity index is 939. The highest BCUT2D eigenvalue weighted by atomic mass is 16.2. The van der Waals surface area contributed by atoms with Crippen LogP contribution in [0.25, 0.3) is 11.1 Å². The van der Waals surface area contributed by atoms with Crippen LogP contribution in [0, 0.1) is 0 Å². The molecular formula is C22H23N3O2. The third-order valence-electron chi connectivity index (χ3n) is 6.20. The van der Waals surface area contributed by atoms with Gasteiger partial charge in [0.2, 0.25) is 5.91 Å². The number of nitrogens with one attached hydrogen (secondary N) is 1. The van der Waals surface area contributed by atoms with Crippen LogP contribution in [-0.4, -0.2) is 46.9 Å². The molecule has 2 aromatic carbocycles. The maximum Gasteiger partial charge on any atom is 0.322 e. The Balaban J connectivity index is 1.35. The maximum absolute atomic E-state index is 12.9. The number of carbonyl (C=O) groups excluding carboxylic acids is 2. The lowest BCUT2D eigenvalue weighted by Gasteiger charge is -2.41. The van der Waals surface area contributed by atoms with Gasteiger partial charge in [0, 0.05) is 24.8 Å². The number of hydrogen-bond acceptors (Lipinski definition) is 2. The second-order valence-electron chi connectivity index (χ2n) is 7.79. The third-order valence-corrected chi connectivity index (χ3v) is 6.20. The van der Waals surface area contributed by atoms with Crippen molar-refractivity contribution in [2.75, 3.05) is 18.4 Å². The van der Waals surface area contributed by atoms with Crippen molar-refractivity contribution in [2.45, 2.75) is 38.3 Å². The molecule has 3 amide bonds. The summed E-state index contributed by atoms with van der Waals surface area (Å²) < 4.78 is 0. The number of fused-ring (bicyclic) bond motifs is 4. The minimum atomic E-state index is -0.405. The van der Waals surface area contributed by atoms with Crippen molar-refractivity contribution in [1.29, 1.82) is 0 Å². The van der Waals surface area contributed by atoms with Crippen LogP contribution < -0.4 is 5.32 Å². The molecule has 0 saturated carbocycles. The van der Waals surface area contributed by atoms with E-state index < -0.39 is 6.04 Å². The molecule has 3 aliphatic rings. The Morgan fingerprint density at radius 3 is 2.81 bits per heavy atom. The van der Waals surface area contributed by atoms with E-state index in [0.717, 1.165) is 31.5 Å². The summed E-state index contributed by atoms with van der Waals surface area (Å²) in [4.78, 5) is 29.1. The highest BCUT2D eigenvalue weighted by molar-refractivity contribution is 5.95. The lowest BCUT2D eigenvalue weighted by Crippen LogP contribution is -2.60. The van der Waals surface area contributed by atoms with Crippen LogP contribution in [-0.2, 0) is 11.2 Å². The molecule has 0 bridgehead atoms. The molecule has 2 atom stereocenters. The number of anilines is 1. The van der Waals surface area contributed by atoms with Gasteiger partial charge in [-0.2, -0.15) is 0 Å². The number of amides is 3. The molecule has 2 aromatic rings. The van der Waals surface area contributed by atoms with E-state index in [4.69, 9.17) is 0 Å². The third kappa shape index (κ3) is 2.60. The fourth-order valence-electron chi connectivity index (χ4n) is 4.75. The molecule has 0 aromatic heterocycles. The van der Waals surface area contributed by atoms with E-state index >= 15 is 0 Å². The zero-order valence-corrected chi connectivity index (χ0v) is 15.4. The fraction of sp³-hybridized carbons (Fsp3) is 0.364. The van der Waals surface area contributed by atoms with Crippen molar-refractivity contribution >= 4 is 17.6 Å². The number of piperazine rings is 1. The van der Waals surface area contributed by atoms with Gasteiger partial charge in [0.15, 0.2) is 0 Å². The van der Waals surface area contributed by atoms with E-state index in [2.05, 4.69) is 41.7 Å². The van der Waals surface area contributed by atoms with Gasteiger partial charge in [0.25, 0.3) is 0 Å². The molecule has 0 spiro atoms. The zero-order valence-electron chi connectivity index (χ0n) is 15.4. The summed E-state index contributed by atoms with van der Waals surface area (Å²) in [5, 5.41) is 3.02. The summed E-state index contributed by atoms with van der Waals surface area (Å²) in [5.74, 6) is 0.0725. The first-order valence-electron chi connectivity index (χ1n) is 9.71. The molecule has 27 heavy (non-hydrogen) atoms. The van der Waals surface area contributed by atoms with E-state index in [1.165, 1.54) is 22.3 Å². The van der Waals surface area contributed by atoms with Crippen molar-refractivity contribution < 1.29 is 9.59 Å². The molecule has 1 N–H and O–H groups in total. The average Bonchev–Trinajstić information content (AvgIpc) is 3.28. The standard InChI is InChI=1S/C22H23N3O2/c1-14-21(26)24-10-4-6-18(24)13-25(14)22(27)23-17-8-9-20-16(12-17)11-15-5-2-3-7-19(15)20/h2-3,5,7-9,12,14,18H,4,6,10-11,13H2,1H3,(H,23,27)/t14-,18+/m0/s1. The van der Waals surface area contributed by atoms with Crippen molar-refractivity contribution in [1.82, 2.24) is 9.80 Å². The van der Waals surface area contributed by atoms with Gasteiger partial charge in [-0.05, 0) is 60.6 Å². The second-order valence-corrected chi connectivity index (χ2v) is 7.79. The highest BCUT2D eigenvalue weighted by Crippen LogP contribution is 2.37. The van der Waals surface area contributed by atoms with Crippen LogP contribution >= 0.6 is 0 Å². The van der Waals surface area contributed by atoms with Gasteiger partial charge < -0.3 is 15.1 Å². The number of benzene rings is 2. The summed E-state index contributed by atoms with van der Waals surface area (Å²) in [7, 11) is 0. The van der Waals surface area contributed by atoms with Crippen LogP contribution in [0.5, 0.6) is 0 Å². The van der Waals surface area contributed by atoms with Gasteiger partial charge in [0.05, 0.1) is 0 Å². The predicted octanol–water partition coefficient (Wildman–Crippen LogP) is 3.48. The Labute approximate surface area is 159 Å². The van der Waals surface area contributed by atoms with Crippen LogP contribution in [0.1, 0.15) is 30.9 Å². The molecule has 2 aliphatic heterocycles. The maximum atomic E-state index is 12.9. The SMILES string of the molecule is C[C@H]1C(=O)N2CCC[C@@H]2CN1C(=O)Nc1ccc2c(c1)Cc1ccccc1-2. The minimum Gasteiger partial charge on any atom is -0.336 e. The number of hydrogen-bond donors (Lipinski definition) is 1. The first-order valence-corrected chi connectivity index (χ1v) is 9.71. The molecule has 5 nitrogen and oxygen atoms in total. The first-order chi connectivity index (χ1) is 13.1. The number of rotatable bonds is 1. The van der Waals surface area contributed by atoms with Crippen LogP contribution in [0.15, 0.2) is 42.5 Å². The Hall–Kier alpha value is -2.82. The molecule has 2 fully saturated rings. The molecule has 5 heteroatoms. The van der Waals surface area contributed by atoms with Gasteiger partial charge in [-0.1, -0.05) is 30.3 Å². The second kappa shape index (κ2) is 6.12. The van der Waals surface area contributed by atoms with E-state index in [0.29, 0.717) is 6.54 Å². The van der Waals surface area contributed by atoms with E-state index in [1.54, 1.807) is 4.90 Å². The summed E-state index contributed by atoms with van der Waals surface area (Å²) in [6.07, 6.45) is 2.91. The highest BCUT2D eigenvalue weighted by Gasteiger charge is 2.42. The summed E-state index contributed by atoms with van der Waals surface area (Å²) >= 11 is 0. The van der Waals surface area contributed by atoms with Crippen molar-refractivity contribution in [2.24, 2.45) is 0 Å². The molecular weight excluding hydrogens is 338 g/mol. The van der Waals surface area contributed by atoms with Gasteiger partial charge in [-0.25, -0.2) is 4.79 Å². The molecule has 0 radical (unpaired) electrons. The zero-order chi connectivity index (χ0) is 18.5. The summed E-state index contributed by atoms with van der Waals surface area (Å²) in [6, 6.07) is 14.1. The Morgan fingerprint density at radius 2 is 1.93 bits per heavy atom. The van der Waals surface area contributed by atoms with Gasteiger partial charge in [-0.15, -0.1) is 0 Å². The Kier molecular flexibility index (Phi) is 3.71. The van der Waals surface area contributed by atoms with E-state index in [1.807, 2.05) is 17.9 Å². The minimum absolute atomic E-state index is 0.0725. The monoisotopic (exact) mass is 361 g/mol. The largest absolute Gasteiger partial charge is 0.336 e. The number of carbonyl (C=O) groups is 2. The fourth-order valence-corrected chi connectivity index (χ4v) is 4.75. The van der Waals surface area contributed by atoms with Gasteiger partial charge >= 0.3 is 6.03 Å². The molecule has 0 unspecified atom stereocenters. The van der Waals surface area contributed by atoms with Crippen LogP contribution in [0.3, 0.4) is 0 Å². The van der Waals surface area contributed by atoms with Crippen LogP contribution in [0.2, 0.25) is 0 Å². The van der Waals surface area contributed by atoms with E-state index in [9.17, 15) is 9.59 Å². The Morgan fingerprint density at radius 1 is 1.11 bits per heavy atom. The molecule has 5 rings (SSSR count). The smallest absolute Gasteiger partial charge is 0.322 e. The van der Waals surface area contributed by atoms with Crippen molar-refractivity contribution in [3.63, 3.8) is 0 Å². The van der Waals surface area contributed by atoms with Crippen molar-refractivity contribution in [3.8, 4) is 11.1 Å². The summed E-state index contributed by atoms with van der Waals surface area (Å²) in [6.45, 7) is 3.28. The first kappa shape index (κ1) is 16.4. The molecule has 2 heterocycles. The molecule has 1 aliphatic carbocycles. The quantitative estimate of drug-likeness (QED) is 0.721. The molecule has 138 valence electrons. The normalized spacial score (nSPS) is 23.1. The van der Waals surface area contributed by atoms with Gasteiger partial charge in [-0.3, -0.25) is 4.79 Å². The van der Waals surface area contributed by atoms with Crippen LogP contribution in [0.4, 0.5) is 10.5 Å².